The van der Waals surface area contributed by atoms with Gasteiger partial charge in [-0.3, -0.25) is 4.79 Å². The van der Waals surface area contributed by atoms with E-state index in [-0.39, 0.29) is 18.6 Å². The SMILES string of the molecule is CN(CCO)CC1COCCN1C(=O)c1cc(C2CC2)on1. The highest BCUT2D eigenvalue weighted by molar-refractivity contribution is 5.92. The summed E-state index contributed by atoms with van der Waals surface area (Å²) >= 11 is 0. The van der Waals surface area contributed by atoms with E-state index < -0.39 is 0 Å². The first-order valence-electron chi connectivity index (χ1n) is 7.83. The molecule has 3 rings (SSSR count). The Hall–Kier alpha value is -1.44. The third kappa shape index (κ3) is 3.48. The summed E-state index contributed by atoms with van der Waals surface area (Å²) in [6.45, 7) is 2.95. The number of hydrogen-bond acceptors (Lipinski definition) is 6. The highest BCUT2D eigenvalue weighted by Gasteiger charge is 2.33. The lowest BCUT2D eigenvalue weighted by atomic mass is 10.2. The Morgan fingerprint density at radius 3 is 3.09 bits per heavy atom. The molecule has 1 amide bonds. The zero-order valence-electron chi connectivity index (χ0n) is 12.9. The molecule has 1 aromatic rings. The molecule has 2 fully saturated rings. The minimum absolute atomic E-state index is 0.0288. The van der Waals surface area contributed by atoms with E-state index in [0.717, 1.165) is 18.6 Å². The Balaban J connectivity index is 1.67. The minimum Gasteiger partial charge on any atom is -0.395 e. The molecule has 122 valence electrons. The van der Waals surface area contributed by atoms with Gasteiger partial charge in [-0.1, -0.05) is 5.16 Å². The van der Waals surface area contributed by atoms with E-state index in [1.807, 2.05) is 16.8 Å². The van der Waals surface area contributed by atoms with Crippen LogP contribution in [0.2, 0.25) is 0 Å². The van der Waals surface area contributed by atoms with Gasteiger partial charge in [0.1, 0.15) is 5.76 Å². The van der Waals surface area contributed by atoms with E-state index in [9.17, 15) is 4.79 Å². The Morgan fingerprint density at radius 1 is 1.55 bits per heavy atom. The molecule has 1 saturated heterocycles. The summed E-state index contributed by atoms with van der Waals surface area (Å²) in [6, 6.07) is 1.75. The number of carbonyl (C=O) groups excluding carboxylic acids is 1. The molecule has 2 heterocycles. The van der Waals surface area contributed by atoms with Crippen LogP contribution in [0.5, 0.6) is 0 Å². The maximum Gasteiger partial charge on any atom is 0.276 e. The van der Waals surface area contributed by atoms with E-state index >= 15 is 0 Å². The van der Waals surface area contributed by atoms with Crippen molar-refractivity contribution in [3.63, 3.8) is 0 Å². The number of carbonyl (C=O) groups is 1. The van der Waals surface area contributed by atoms with Crippen molar-refractivity contribution in [3.05, 3.63) is 17.5 Å². The van der Waals surface area contributed by atoms with E-state index in [2.05, 4.69) is 5.16 Å². The van der Waals surface area contributed by atoms with Crippen LogP contribution >= 0.6 is 0 Å². The molecule has 1 saturated carbocycles. The van der Waals surface area contributed by atoms with Gasteiger partial charge in [0.25, 0.3) is 5.91 Å². The summed E-state index contributed by atoms with van der Waals surface area (Å²) in [5.41, 5.74) is 0.388. The van der Waals surface area contributed by atoms with Crippen molar-refractivity contribution in [2.24, 2.45) is 0 Å². The first-order chi connectivity index (χ1) is 10.7. The Labute approximate surface area is 129 Å². The Morgan fingerprint density at radius 2 is 2.36 bits per heavy atom. The van der Waals surface area contributed by atoms with E-state index in [1.165, 1.54) is 0 Å². The molecular formula is C15H23N3O4. The molecule has 1 atom stereocenters. The van der Waals surface area contributed by atoms with Crippen LogP contribution in [0.25, 0.3) is 0 Å². The van der Waals surface area contributed by atoms with Crippen molar-refractivity contribution in [2.75, 3.05) is 46.5 Å². The number of amides is 1. The van der Waals surface area contributed by atoms with Crippen molar-refractivity contribution < 1.29 is 19.2 Å². The molecule has 22 heavy (non-hydrogen) atoms. The molecule has 0 bridgehead atoms. The summed E-state index contributed by atoms with van der Waals surface area (Å²) in [4.78, 5) is 16.5. The highest BCUT2D eigenvalue weighted by Crippen LogP contribution is 2.40. The lowest BCUT2D eigenvalue weighted by molar-refractivity contribution is -0.0113. The monoisotopic (exact) mass is 309 g/mol. The predicted octanol–water partition coefficient (Wildman–Crippen LogP) is 0.317. The number of hydrogen-bond donors (Lipinski definition) is 1. The van der Waals surface area contributed by atoms with Gasteiger partial charge in [0.2, 0.25) is 0 Å². The number of aromatic nitrogens is 1. The van der Waals surface area contributed by atoms with Gasteiger partial charge in [-0.2, -0.15) is 0 Å². The van der Waals surface area contributed by atoms with Gasteiger partial charge in [0, 0.05) is 31.6 Å². The molecule has 0 radical (unpaired) electrons. The average molecular weight is 309 g/mol. The van der Waals surface area contributed by atoms with Crippen LogP contribution in [0, 0.1) is 0 Å². The number of aliphatic hydroxyl groups excluding tert-OH is 1. The molecule has 0 spiro atoms. The largest absolute Gasteiger partial charge is 0.395 e. The van der Waals surface area contributed by atoms with Crippen LogP contribution < -0.4 is 0 Å². The maximum atomic E-state index is 12.7. The number of ether oxygens (including phenoxy) is 1. The van der Waals surface area contributed by atoms with E-state index in [4.69, 9.17) is 14.4 Å². The quantitative estimate of drug-likeness (QED) is 0.815. The van der Waals surface area contributed by atoms with Gasteiger partial charge in [0.05, 0.1) is 25.9 Å². The molecule has 1 unspecified atom stereocenters. The molecule has 7 heteroatoms. The molecule has 7 nitrogen and oxygen atoms in total. The fourth-order valence-corrected chi connectivity index (χ4v) is 2.79. The van der Waals surface area contributed by atoms with Gasteiger partial charge in [0.15, 0.2) is 5.69 Å². The van der Waals surface area contributed by atoms with Gasteiger partial charge < -0.3 is 24.2 Å². The zero-order chi connectivity index (χ0) is 15.5. The summed E-state index contributed by atoms with van der Waals surface area (Å²) in [6.07, 6.45) is 2.24. The fourth-order valence-electron chi connectivity index (χ4n) is 2.79. The Bertz CT molecular complexity index is 515. The van der Waals surface area contributed by atoms with Gasteiger partial charge >= 0.3 is 0 Å². The molecule has 0 aromatic carbocycles. The van der Waals surface area contributed by atoms with Crippen molar-refractivity contribution in [1.82, 2.24) is 15.0 Å². The third-order valence-corrected chi connectivity index (χ3v) is 4.22. The van der Waals surface area contributed by atoms with Crippen molar-refractivity contribution >= 4 is 5.91 Å². The van der Waals surface area contributed by atoms with Crippen molar-refractivity contribution in [2.45, 2.75) is 24.8 Å². The number of nitrogens with zero attached hydrogens (tertiary/aromatic N) is 3. The first kappa shape index (κ1) is 15.5. The van der Waals surface area contributed by atoms with Gasteiger partial charge in [-0.25, -0.2) is 0 Å². The molecular weight excluding hydrogens is 286 g/mol. The van der Waals surface area contributed by atoms with Gasteiger partial charge in [-0.15, -0.1) is 0 Å². The first-order valence-corrected chi connectivity index (χ1v) is 7.83. The topological polar surface area (TPSA) is 79.0 Å². The van der Waals surface area contributed by atoms with Gasteiger partial charge in [-0.05, 0) is 19.9 Å². The summed E-state index contributed by atoms with van der Waals surface area (Å²) in [7, 11) is 1.93. The minimum atomic E-state index is -0.0960. The molecule has 1 aliphatic heterocycles. The number of morpholine rings is 1. The van der Waals surface area contributed by atoms with E-state index in [1.54, 1.807) is 6.07 Å². The standard InChI is InChI=1S/C15H23N3O4/c1-17(4-6-19)9-12-10-21-7-5-18(12)15(20)13-8-14(22-16-13)11-2-3-11/h8,11-12,19H,2-7,9-10H2,1H3. The van der Waals surface area contributed by atoms with Crippen LogP contribution in [0.3, 0.4) is 0 Å². The third-order valence-electron chi connectivity index (χ3n) is 4.22. The molecule has 1 N–H and O–H groups in total. The Kier molecular flexibility index (Phi) is 4.75. The van der Waals surface area contributed by atoms with Crippen LogP contribution in [0.15, 0.2) is 10.6 Å². The predicted molar refractivity (Wildman–Crippen MR) is 78.7 cm³/mol. The summed E-state index contributed by atoms with van der Waals surface area (Å²) in [5, 5.41) is 12.9. The van der Waals surface area contributed by atoms with Crippen molar-refractivity contribution in [3.8, 4) is 0 Å². The lowest BCUT2D eigenvalue weighted by Crippen LogP contribution is -2.53. The molecule has 2 aliphatic rings. The van der Waals surface area contributed by atoms with E-state index in [0.29, 0.717) is 44.5 Å². The summed E-state index contributed by atoms with van der Waals surface area (Å²) in [5.74, 6) is 1.18. The number of likely N-dealkylation sites (N-methyl/N-ethyl adjacent to an activating group) is 1. The smallest absolute Gasteiger partial charge is 0.276 e. The molecule has 1 aromatic heterocycles. The normalized spacial score (nSPS) is 22.3. The van der Waals surface area contributed by atoms with Crippen LogP contribution in [-0.4, -0.2) is 78.5 Å². The number of rotatable bonds is 6. The van der Waals surface area contributed by atoms with Crippen molar-refractivity contribution in [1.29, 1.82) is 0 Å². The maximum absolute atomic E-state index is 12.7. The highest BCUT2D eigenvalue weighted by atomic mass is 16.5. The second kappa shape index (κ2) is 6.76. The second-order valence-electron chi connectivity index (χ2n) is 6.10. The van der Waals surface area contributed by atoms with Crippen LogP contribution in [-0.2, 0) is 4.74 Å². The number of aliphatic hydroxyl groups is 1. The van der Waals surface area contributed by atoms with Crippen LogP contribution in [0.1, 0.15) is 35.0 Å². The average Bonchev–Trinajstić information content (AvgIpc) is 3.25. The lowest BCUT2D eigenvalue weighted by Gasteiger charge is -2.37. The summed E-state index contributed by atoms with van der Waals surface area (Å²) < 4.78 is 10.8. The fraction of sp³-hybridized carbons (Fsp3) is 0.733. The zero-order valence-corrected chi connectivity index (χ0v) is 12.9. The van der Waals surface area contributed by atoms with Crippen LogP contribution in [0.4, 0.5) is 0 Å². The molecule has 1 aliphatic carbocycles. The second-order valence-corrected chi connectivity index (χ2v) is 6.10.